The molecule has 0 saturated heterocycles. The molecule has 10 heteroatoms. The highest BCUT2D eigenvalue weighted by molar-refractivity contribution is 5.80. The van der Waals surface area contributed by atoms with E-state index in [1.54, 1.807) is 30.3 Å². The van der Waals surface area contributed by atoms with E-state index < -0.39 is 43.6 Å². The summed E-state index contributed by atoms with van der Waals surface area (Å²) in [5, 5.41) is 19.6. The number of amides is 1. The van der Waals surface area contributed by atoms with Gasteiger partial charge in [0.15, 0.2) is 12.1 Å². The summed E-state index contributed by atoms with van der Waals surface area (Å²) >= 11 is 0. The standard InChI is InChI=1S/C14H16F3NO6/c15-14(16,17)11(19)8-23-7-10(12(20)21)18-13(22)24-6-9-4-2-1-3-5-9/h1-5,10-11,19H,6-8H2,(H,18,22)(H,20,21)/t10-,11?/m0/s1. The highest BCUT2D eigenvalue weighted by Crippen LogP contribution is 2.19. The minimum absolute atomic E-state index is 0.105. The normalized spacial score (nSPS) is 13.8. The number of carbonyl (C=O) groups excluding carboxylic acids is 1. The van der Waals surface area contributed by atoms with E-state index in [9.17, 15) is 22.8 Å². The molecule has 0 radical (unpaired) electrons. The van der Waals surface area contributed by atoms with Crippen LogP contribution in [-0.2, 0) is 20.9 Å². The highest BCUT2D eigenvalue weighted by Gasteiger charge is 2.38. The van der Waals surface area contributed by atoms with Gasteiger partial charge < -0.3 is 25.0 Å². The Balaban J connectivity index is 2.39. The van der Waals surface area contributed by atoms with Crippen molar-refractivity contribution in [2.45, 2.75) is 24.9 Å². The van der Waals surface area contributed by atoms with E-state index >= 15 is 0 Å². The van der Waals surface area contributed by atoms with Gasteiger partial charge >= 0.3 is 18.2 Å². The van der Waals surface area contributed by atoms with Crippen LogP contribution in [0.25, 0.3) is 0 Å². The van der Waals surface area contributed by atoms with Crippen molar-refractivity contribution in [3.8, 4) is 0 Å². The van der Waals surface area contributed by atoms with Crippen LogP contribution < -0.4 is 5.32 Å². The number of carbonyl (C=O) groups is 2. The van der Waals surface area contributed by atoms with Crippen LogP contribution >= 0.6 is 0 Å². The molecular weight excluding hydrogens is 335 g/mol. The maximum absolute atomic E-state index is 12.1. The molecule has 0 heterocycles. The molecule has 0 saturated carbocycles. The summed E-state index contributed by atoms with van der Waals surface area (Å²) < 4.78 is 45.5. The van der Waals surface area contributed by atoms with Crippen LogP contribution in [0, 0.1) is 0 Å². The number of nitrogens with one attached hydrogen (secondary N) is 1. The van der Waals surface area contributed by atoms with E-state index in [0.29, 0.717) is 5.56 Å². The lowest BCUT2D eigenvalue weighted by Gasteiger charge is -2.18. The fourth-order valence-corrected chi connectivity index (χ4v) is 1.47. The molecule has 134 valence electrons. The second-order valence-electron chi connectivity index (χ2n) is 4.69. The molecule has 24 heavy (non-hydrogen) atoms. The van der Waals surface area contributed by atoms with Crippen molar-refractivity contribution in [2.75, 3.05) is 13.2 Å². The number of hydrogen-bond acceptors (Lipinski definition) is 5. The van der Waals surface area contributed by atoms with Gasteiger partial charge in [-0.25, -0.2) is 9.59 Å². The molecule has 0 aliphatic carbocycles. The van der Waals surface area contributed by atoms with E-state index in [2.05, 4.69) is 4.74 Å². The largest absolute Gasteiger partial charge is 0.480 e. The summed E-state index contributed by atoms with van der Waals surface area (Å²) in [5.74, 6) is -1.52. The minimum Gasteiger partial charge on any atom is -0.480 e. The molecule has 0 aliphatic heterocycles. The predicted octanol–water partition coefficient (Wildman–Crippen LogP) is 1.31. The van der Waals surface area contributed by atoms with Gasteiger partial charge in [0.2, 0.25) is 0 Å². The number of ether oxygens (including phenoxy) is 2. The van der Waals surface area contributed by atoms with Gasteiger partial charge in [-0.05, 0) is 5.56 Å². The second-order valence-corrected chi connectivity index (χ2v) is 4.69. The maximum Gasteiger partial charge on any atom is 0.416 e. The zero-order valence-corrected chi connectivity index (χ0v) is 12.3. The van der Waals surface area contributed by atoms with Crippen LogP contribution in [0.5, 0.6) is 0 Å². The number of aliphatic hydroxyl groups is 1. The van der Waals surface area contributed by atoms with E-state index in [0.717, 1.165) is 0 Å². The number of halogens is 3. The third-order valence-corrected chi connectivity index (χ3v) is 2.74. The summed E-state index contributed by atoms with van der Waals surface area (Å²) in [5.41, 5.74) is 0.670. The third kappa shape index (κ3) is 7.29. The molecule has 1 amide bonds. The first kappa shape index (κ1) is 19.7. The number of alkyl carbamates (subject to hydrolysis) is 1. The fourth-order valence-electron chi connectivity index (χ4n) is 1.47. The van der Waals surface area contributed by atoms with Crippen LogP contribution in [0.2, 0.25) is 0 Å². The number of benzene rings is 1. The lowest BCUT2D eigenvalue weighted by molar-refractivity contribution is -0.217. The zero-order valence-electron chi connectivity index (χ0n) is 12.3. The number of aliphatic carboxylic acids is 1. The number of rotatable bonds is 8. The molecule has 0 bridgehead atoms. The van der Waals surface area contributed by atoms with Crippen molar-refractivity contribution >= 4 is 12.1 Å². The Hall–Kier alpha value is -2.33. The monoisotopic (exact) mass is 351 g/mol. The Morgan fingerprint density at radius 2 is 1.79 bits per heavy atom. The van der Waals surface area contributed by atoms with Crippen LogP contribution in [0.4, 0.5) is 18.0 Å². The Bertz CT molecular complexity index is 537. The topological polar surface area (TPSA) is 105 Å². The van der Waals surface area contributed by atoms with Gasteiger partial charge in [0, 0.05) is 0 Å². The molecule has 2 atom stereocenters. The number of hydrogen-bond donors (Lipinski definition) is 3. The van der Waals surface area contributed by atoms with E-state index in [1.165, 1.54) is 0 Å². The smallest absolute Gasteiger partial charge is 0.416 e. The van der Waals surface area contributed by atoms with Gasteiger partial charge in [0.25, 0.3) is 0 Å². The first-order valence-electron chi connectivity index (χ1n) is 6.72. The van der Waals surface area contributed by atoms with Crippen molar-refractivity contribution < 1.29 is 42.4 Å². The van der Waals surface area contributed by atoms with Gasteiger partial charge in [-0.3, -0.25) is 0 Å². The predicted molar refractivity (Wildman–Crippen MR) is 74.1 cm³/mol. The van der Waals surface area contributed by atoms with E-state index in [1.807, 2.05) is 5.32 Å². The quantitative estimate of drug-likeness (QED) is 0.652. The molecular formula is C14H16F3NO6. The van der Waals surface area contributed by atoms with Gasteiger partial charge in [-0.2, -0.15) is 13.2 Å². The Labute approximate surface area is 135 Å². The molecule has 0 aromatic heterocycles. The Kier molecular flexibility index (Phi) is 7.46. The molecule has 1 aromatic rings. The van der Waals surface area contributed by atoms with E-state index in [4.69, 9.17) is 14.9 Å². The number of carboxylic acid groups (broad SMARTS) is 1. The van der Waals surface area contributed by atoms with E-state index in [-0.39, 0.29) is 6.61 Å². The third-order valence-electron chi connectivity index (χ3n) is 2.74. The SMILES string of the molecule is O=C(N[C@@H](COCC(O)C(F)(F)F)C(=O)O)OCc1ccccc1. The Morgan fingerprint density at radius 3 is 2.33 bits per heavy atom. The highest BCUT2D eigenvalue weighted by atomic mass is 19.4. The van der Waals surface area contributed by atoms with Crippen LogP contribution in [0.3, 0.4) is 0 Å². The van der Waals surface area contributed by atoms with Crippen molar-refractivity contribution in [1.82, 2.24) is 5.32 Å². The van der Waals surface area contributed by atoms with Crippen molar-refractivity contribution in [3.63, 3.8) is 0 Å². The van der Waals surface area contributed by atoms with Gasteiger partial charge in [0.05, 0.1) is 13.2 Å². The van der Waals surface area contributed by atoms with Crippen LogP contribution in [-0.4, -0.2) is 53.8 Å². The lowest BCUT2D eigenvalue weighted by Crippen LogP contribution is -2.45. The average molecular weight is 351 g/mol. The molecule has 1 unspecified atom stereocenters. The molecule has 0 spiro atoms. The summed E-state index contributed by atoms with van der Waals surface area (Å²) in [4.78, 5) is 22.5. The van der Waals surface area contributed by atoms with Crippen molar-refractivity contribution in [1.29, 1.82) is 0 Å². The Morgan fingerprint density at radius 1 is 1.17 bits per heavy atom. The van der Waals surface area contributed by atoms with Gasteiger partial charge in [-0.1, -0.05) is 30.3 Å². The lowest BCUT2D eigenvalue weighted by atomic mass is 10.2. The second kappa shape index (κ2) is 9.08. The van der Waals surface area contributed by atoms with Crippen molar-refractivity contribution in [3.05, 3.63) is 35.9 Å². The summed E-state index contributed by atoms with van der Waals surface area (Å²) in [6.45, 7) is -2.01. The van der Waals surface area contributed by atoms with Gasteiger partial charge in [0.1, 0.15) is 6.61 Å². The summed E-state index contributed by atoms with van der Waals surface area (Å²) in [7, 11) is 0. The summed E-state index contributed by atoms with van der Waals surface area (Å²) in [6.07, 6.45) is -8.68. The average Bonchev–Trinajstić information content (AvgIpc) is 2.51. The maximum atomic E-state index is 12.1. The molecule has 0 fully saturated rings. The molecule has 3 N–H and O–H groups in total. The molecule has 0 aliphatic rings. The fraction of sp³-hybridized carbons (Fsp3) is 0.429. The first-order valence-corrected chi connectivity index (χ1v) is 6.72. The number of alkyl halides is 3. The van der Waals surface area contributed by atoms with Crippen LogP contribution in [0.1, 0.15) is 5.56 Å². The minimum atomic E-state index is -4.87. The van der Waals surface area contributed by atoms with Crippen LogP contribution in [0.15, 0.2) is 30.3 Å². The number of carboxylic acids is 1. The zero-order chi connectivity index (χ0) is 18.2. The molecule has 1 rings (SSSR count). The number of aliphatic hydroxyl groups excluding tert-OH is 1. The molecule has 7 nitrogen and oxygen atoms in total. The molecule has 1 aromatic carbocycles. The van der Waals surface area contributed by atoms with Crippen molar-refractivity contribution in [2.24, 2.45) is 0 Å². The summed E-state index contributed by atoms with van der Waals surface area (Å²) in [6, 6.07) is 6.95. The first-order chi connectivity index (χ1) is 11.2. The van der Waals surface area contributed by atoms with Gasteiger partial charge in [-0.15, -0.1) is 0 Å².